The van der Waals surface area contributed by atoms with Gasteiger partial charge in [0.05, 0.1) is 18.7 Å². The molecule has 104 valence electrons. The predicted molar refractivity (Wildman–Crippen MR) is 72.4 cm³/mol. The van der Waals surface area contributed by atoms with Gasteiger partial charge in [-0.2, -0.15) is 0 Å². The average Bonchev–Trinajstić information content (AvgIpc) is 2.38. The van der Waals surface area contributed by atoms with Crippen molar-refractivity contribution in [2.75, 3.05) is 12.4 Å². The van der Waals surface area contributed by atoms with Gasteiger partial charge in [0.15, 0.2) is 0 Å². The first kappa shape index (κ1) is 15.0. The number of anilines is 1. The van der Waals surface area contributed by atoms with Gasteiger partial charge in [-0.3, -0.25) is 9.59 Å². The summed E-state index contributed by atoms with van der Waals surface area (Å²) in [7, 11) is 1.52. The van der Waals surface area contributed by atoms with Gasteiger partial charge < -0.3 is 15.2 Å². The van der Waals surface area contributed by atoms with Gasteiger partial charge in [0.25, 0.3) is 0 Å². The van der Waals surface area contributed by atoms with E-state index in [4.69, 9.17) is 9.84 Å². The van der Waals surface area contributed by atoms with Crippen LogP contribution in [0.3, 0.4) is 0 Å². The predicted octanol–water partition coefficient (Wildman–Crippen LogP) is 2.31. The Morgan fingerprint density at radius 2 is 2.11 bits per heavy atom. The topological polar surface area (TPSA) is 75.6 Å². The fourth-order valence-corrected chi connectivity index (χ4v) is 1.64. The molecule has 0 spiro atoms. The number of nitrogens with one attached hydrogen (secondary N) is 1. The number of hydrogen-bond acceptors (Lipinski definition) is 3. The van der Waals surface area contributed by atoms with E-state index < -0.39 is 11.9 Å². The van der Waals surface area contributed by atoms with E-state index in [-0.39, 0.29) is 12.3 Å². The molecule has 0 radical (unpaired) electrons. The Balaban J connectivity index is 2.80. The molecule has 5 nitrogen and oxygen atoms in total. The van der Waals surface area contributed by atoms with Crippen LogP contribution >= 0.6 is 0 Å². The third-order valence-corrected chi connectivity index (χ3v) is 2.86. The number of rotatable bonds is 6. The van der Waals surface area contributed by atoms with Crippen LogP contribution in [0.2, 0.25) is 0 Å². The maximum atomic E-state index is 11.8. The Morgan fingerprint density at radius 1 is 1.42 bits per heavy atom. The highest BCUT2D eigenvalue weighted by Crippen LogP contribution is 2.26. The molecule has 0 bridgehead atoms. The zero-order valence-corrected chi connectivity index (χ0v) is 11.4. The molecule has 0 saturated heterocycles. The summed E-state index contributed by atoms with van der Waals surface area (Å²) in [6.45, 7) is 3.52. The number of carboxylic acids is 1. The molecule has 1 unspecified atom stereocenters. The van der Waals surface area contributed by atoms with Crippen molar-refractivity contribution in [2.45, 2.75) is 26.7 Å². The van der Waals surface area contributed by atoms with Crippen molar-refractivity contribution in [3.63, 3.8) is 0 Å². The molecule has 0 saturated carbocycles. The van der Waals surface area contributed by atoms with Crippen molar-refractivity contribution < 1.29 is 19.4 Å². The van der Waals surface area contributed by atoms with Gasteiger partial charge in [-0.25, -0.2) is 0 Å². The quantitative estimate of drug-likeness (QED) is 0.827. The zero-order valence-electron chi connectivity index (χ0n) is 11.4. The lowest BCUT2D eigenvalue weighted by Crippen LogP contribution is -2.20. The highest BCUT2D eigenvalue weighted by Gasteiger charge is 2.16. The monoisotopic (exact) mass is 265 g/mol. The molecule has 5 heteroatoms. The van der Waals surface area contributed by atoms with E-state index in [9.17, 15) is 9.59 Å². The number of aryl methyl sites for hydroxylation is 1. The largest absolute Gasteiger partial charge is 0.495 e. The van der Waals surface area contributed by atoms with E-state index in [0.29, 0.717) is 11.4 Å². The molecule has 1 aromatic carbocycles. The Labute approximate surface area is 112 Å². The lowest BCUT2D eigenvalue weighted by molar-refractivity contribution is -0.142. The molecule has 0 aliphatic rings. The highest BCUT2D eigenvalue weighted by atomic mass is 16.5. The molecule has 1 amide bonds. The number of methoxy groups -OCH3 is 1. The lowest BCUT2D eigenvalue weighted by Gasteiger charge is -2.12. The smallest absolute Gasteiger partial charge is 0.306 e. The van der Waals surface area contributed by atoms with Gasteiger partial charge in [0.1, 0.15) is 5.75 Å². The summed E-state index contributed by atoms with van der Waals surface area (Å²) in [5.74, 6) is -1.46. The SMILES string of the molecule is CCc1ccc(OC)c(NC(=O)CC(C)C(=O)O)c1. The van der Waals surface area contributed by atoms with E-state index >= 15 is 0 Å². The second-order valence-corrected chi connectivity index (χ2v) is 4.38. The summed E-state index contributed by atoms with van der Waals surface area (Å²) in [6, 6.07) is 5.55. The molecular weight excluding hydrogens is 246 g/mol. The van der Waals surface area contributed by atoms with E-state index in [1.54, 1.807) is 6.07 Å². The molecule has 19 heavy (non-hydrogen) atoms. The Morgan fingerprint density at radius 3 is 2.63 bits per heavy atom. The van der Waals surface area contributed by atoms with Gasteiger partial charge in [0.2, 0.25) is 5.91 Å². The summed E-state index contributed by atoms with van der Waals surface area (Å²) in [5.41, 5.74) is 1.65. The number of hydrogen-bond donors (Lipinski definition) is 2. The van der Waals surface area contributed by atoms with Crippen LogP contribution < -0.4 is 10.1 Å². The number of ether oxygens (including phenoxy) is 1. The Kier molecular flexibility index (Phi) is 5.36. The summed E-state index contributed by atoms with van der Waals surface area (Å²) in [6.07, 6.45) is 0.785. The number of amides is 1. The second-order valence-electron chi connectivity index (χ2n) is 4.38. The summed E-state index contributed by atoms with van der Waals surface area (Å²) in [4.78, 5) is 22.5. The standard InChI is InChI=1S/C14H19NO4/c1-4-10-5-6-12(19-3)11(8-10)15-13(16)7-9(2)14(17)18/h5-6,8-9H,4,7H2,1-3H3,(H,15,16)(H,17,18). The minimum absolute atomic E-state index is 0.0607. The van der Waals surface area contributed by atoms with Gasteiger partial charge in [-0.15, -0.1) is 0 Å². The van der Waals surface area contributed by atoms with Crippen molar-refractivity contribution >= 4 is 17.6 Å². The maximum absolute atomic E-state index is 11.8. The van der Waals surface area contributed by atoms with E-state index in [1.807, 2.05) is 19.1 Å². The van der Waals surface area contributed by atoms with Crippen LogP contribution in [0.15, 0.2) is 18.2 Å². The molecule has 1 aromatic rings. The number of carboxylic acid groups (broad SMARTS) is 1. The van der Waals surface area contributed by atoms with Gasteiger partial charge in [0, 0.05) is 6.42 Å². The van der Waals surface area contributed by atoms with E-state index in [2.05, 4.69) is 5.32 Å². The molecule has 0 aliphatic heterocycles. The molecule has 0 aromatic heterocycles. The minimum Gasteiger partial charge on any atom is -0.495 e. The van der Waals surface area contributed by atoms with Crippen molar-refractivity contribution in [2.24, 2.45) is 5.92 Å². The van der Waals surface area contributed by atoms with Crippen LogP contribution in [0, 0.1) is 5.92 Å². The number of carbonyl (C=O) groups excluding carboxylic acids is 1. The Hall–Kier alpha value is -2.04. The summed E-state index contributed by atoms with van der Waals surface area (Å²) < 4.78 is 5.17. The summed E-state index contributed by atoms with van der Waals surface area (Å²) in [5, 5.41) is 11.5. The number of aliphatic carboxylic acids is 1. The molecule has 1 atom stereocenters. The maximum Gasteiger partial charge on any atom is 0.306 e. The second kappa shape index (κ2) is 6.78. The Bertz CT molecular complexity index is 471. The molecule has 0 fully saturated rings. The van der Waals surface area contributed by atoms with Crippen molar-refractivity contribution in [3.8, 4) is 5.75 Å². The lowest BCUT2D eigenvalue weighted by atomic mass is 10.1. The van der Waals surface area contributed by atoms with E-state index in [1.165, 1.54) is 14.0 Å². The third-order valence-electron chi connectivity index (χ3n) is 2.86. The van der Waals surface area contributed by atoms with Crippen LogP contribution in [0.5, 0.6) is 5.75 Å². The van der Waals surface area contributed by atoms with Crippen molar-refractivity contribution in [1.82, 2.24) is 0 Å². The van der Waals surface area contributed by atoms with Crippen molar-refractivity contribution in [1.29, 1.82) is 0 Å². The first-order valence-corrected chi connectivity index (χ1v) is 6.17. The highest BCUT2D eigenvalue weighted by molar-refractivity contribution is 5.94. The average molecular weight is 265 g/mol. The van der Waals surface area contributed by atoms with Crippen molar-refractivity contribution in [3.05, 3.63) is 23.8 Å². The molecule has 2 N–H and O–H groups in total. The number of carbonyl (C=O) groups is 2. The van der Waals surface area contributed by atoms with Crippen LogP contribution in [0.1, 0.15) is 25.8 Å². The molecule has 0 heterocycles. The third kappa shape index (κ3) is 4.28. The normalized spacial score (nSPS) is 11.7. The number of benzene rings is 1. The van der Waals surface area contributed by atoms with Gasteiger partial charge >= 0.3 is 5.97 Å². The van der Waals surface area contributed by atoms with Gasteiger partial charge in [-0.05, 0) is 24.1 Å². The minimum atomic E-state index is -0.982. The summed E-state index contributed by atoms with van der Waals surface area (Å²) >= 11 is 0. The fraction of sp³-hybridized carbons (Fsp3) is 0.429. The molecule has 1 rings (SSSR count). The first-order chi connectivity index (χ1) is 8.97. The van der Waals surface area contributed by atoms with E-state index in [0.717, 1.165) is 12.0 Å². The van der Waals surface area contributed by atoms with Crippen LogP contribution in [0.25, 0.3) is 0 Å². The van der Waals surface area contributed by atoms with Gasteiger partial charge in [-0.1, -0.05) is 19.9 Å². The van der Waals surface area contributed by atoms with Crippen LogP contribution in [-0.4, -0.2) is 24.1 Å². The zero-order chi connectivity index (χ0) is 14.4. The van der Waals surface area contributed by atoms with Crippen LogP contribution in [-0.2, 0) is 16.0 Å². The molecule has 0 aliphatic carbocycles. The fourth-order valence-electron chi connectivity index (χ4n) is 1.64. The first-order valence-electron chi connectivity index (χ1n) is 6.17. The molecular formula is C14H19NO4. The van der Waals surface area contributed by atoms with Crippen LogP contribution in [0.4, 0.5) is 5.69 Å².